The van der Waals surface area contributed by atoms with Crippen LogP contribution in [0, 0.1) is 0 Å². The average molecular weight is 154 g/mol. The standard InChI is InChI=1S/C7H10N2S/c10-6-7(9-5-8-6)3-1-2-4-7/h5H,1-4H2,(H,8,9,10). The Kier molecular flexibility index (Phi) is 1.27. The lowest BCUT2D eigenvalue weighted by molar-refractivity contribution is 0.608. The van der Waals surface area contributed by atoms with Crippen LogP contribution in [0.4, 0.5) is 0 Å². The van der Waals surface area contributed by atoms with Gasteiger partial charge in [0.05, 0.1) is 6.34 Å². The van der Waals surface area contributed by atoms with Crippen LogP contribution < -0.4 is 5.32 Å². The summed E-state index contributed by atoms with van der Waals surface area (Å²) in [5.74, 6) is 0. The first kappa shape index (κ1) is 6.28. The molecule has 0 bridgehead atoms. The predicted molar refractivity (Wildman–Crippen MR) is 45.4 cm³/mol. The number of thiocarbonyl (C=S) groups is 1. The Hall–Kier alpha value is -0.440. The Labute approximate surface area is 65.7 Å². The number of aliphatic imine (C=N–C) groups is 1. The minimum Gasteiger partial charge on any atom is -0.339 e. The first-order chi connectivity index (χ1) is 4.83. The number of hydrogen-bond acceptors (Lipinski definition) is 2. The van der Waals surface area contributed by atoms with Crippen LogP contribution >= 0.6 is 12.2 Å². The van der Waals surface area contributed by atoms with Crippen molar-refractivity contribution in [1.29, 1.82) is 0 Å². The molecule has 3 heteroatoms. The molecule has 0 saturated heterocycles. The van der Waals surface area contributed by atoms with E-state index in [1.54, 1.807) is 6.34 Å². The third-order valence-electron chi connectivity index (χ3n) is 2.36. The van der Waals surface area contributed by atoms with Crippen LogP contribution in [0.5, 0.6) is 0 Å². The summed E-state index contributed by atoms with van der Waals surface area (Å²) in [6.45, 7) is 0. The zero-order chi connectivity index (χ0) is 7.03. The SMILES string of the molecule is S=C1NC=NC12CCCC2. The molecule has 1 saturated carbocycles. The zero-order valence-corrected chi connectivity index (χ0v) is 6.58. The van der Waals surface area contributed by atoms with E-state index in [1.807, 2.05) is 0 Å². The van der Waals surface area contributed by atoms with Crippen LogP contribution in [0.2, 0.25) is 0 Å². The third kappa shape index (κ3) is 0.700. The van der Waals surface area contributed by atoms with Gasteiger partial charge in [0.2, 0.25) is 0 Å². The molecule has 10 heavy (non-hydrogen) atoms. The second-order valence-corrected chi connectivity index (χ2v) is 3.38. The Morgan fingerprint density at radius 2 is 2.20 bits per heavy atom. The molecule has 0 aromatic rings. The normalized spacial score (nSPS) is 27.8. The minimum absolute atomic E-state index is 0.0370. The van der Waals surface area contributed by atoms with E-state index in [2.05, 4.69) is 10.3 Å². The highest BCUT2D eigenvalue weighted by molar-refractivity contribution is 7.80. The summed E-state index contributed by atoms with van der Waals surface area (Å²) < 4.78 is 0. The summed E-state index contributed by atoms with van der Waals surface area (Å²) in [6, 6.07) is 0. The summed E-state index contributed by atoms with van der Waals surface area (Å²) >= 11 is 5.15. The van der Waals surface area contributed by atoms with Crippen LogP contribution in [0.1, 0.15) is 25.7 Å². The fourth-order valence-electron chi connectivity index (χ4n) is 1.72. The molecular weight excluding hydrogens is 144 g/mol. The van der Waals surface area contributed by atoms with Crippen LogP contribution in [-0.4, -0.2) is 16.9 Å². The molecule has 1 spiro atoms. The maximum absolute atomic E-state index is 5.15. The lowest BCUT2D eigenvalue weighted by Crippen LogP contribution is -2.34. The Balaban J connectivity index is 2.27. The number of nitrogens with zero attached hydrogens (tertiary/aromatic N) is 1. The molecule has 1 aliphatic carbocycles. The van der Waals surface area contributed by atoms with Crippen molar-refractivity contribution in [2.75, 3.05) is 0 Å². The predicted octanol–water partition coefficient (Wildman–Crippen LogP) is 1.26. The van der Waals surface area contributed by atoms with Gasteiger partial charge in [-0.25, -0.2) is 0 Å². The van der Waals surface area contributed by atoms with Gasteiger partial charge in [0.25, 0.3) is 0 Å². The second-order valence-electron chi connectivity index (χ2n) is 2.97. The smallest absolute Gasteiger partial charge is 0.113 e. The quantitative estimate of drug-likeness (QED) is 0.531. The summed E-state index contributed by atoms with van der Waals surface area (Å²) in [5.41, 5.74) is 0.0370. The molecule has 2 rings (SSSR count). The van der Waals surface area contributed by atoms with Crippen molar-refractivity contribution < 1.29 is 0 Å². The van der Waals surface area contributed by atoms with Gasteiger partial charge in [0.15, 0.2) is 0 Å². The molecule has 0 atom stereocenters. The van der Waals surface area contributed by atoms with Crippen LogP contribution in [-0.2, 0) is 0 Å². The Bertz CT molecular complexity index is 192. The van der Waals surface area contributed by atoms with E-state index in [4.69, 9.17) is 12.2 Å². The molecular formula is C7H10N2S. The van der Waals surface area contributed by atoms with Crippen molar-refractivity contribution in [2.45, 2.75) is 31.2 Å². The van der Waals surface area contributed by atoms with Crippen molar-refractivity contribution in [3.63, 3.8) is 0 Å². The van der Waals surface area contributed by atoms with Gasteiger partial charge in [-0.1, -0.05) is 25.1 Å². The summed E-state index contributed by atoms with van der Waals surface area (Å²) in [4.78, 5) is 5.31. The lowest BCUT2D eigenvalue weighted by Gasteiger charge is -2.17. The van der Waals surface area contributed by atoms with Gasteiger partial charge in [-0.05, 0) is 12.8 Å². The number of nitrogens with one attached hydrogen (secondary N) is 1. The maximum Gasteiger partial charge on any atom is 0.113 e. The maximum atomic E-state index is 5.15. The lowest BCUT2D eigenvalue weighted by atomic mass is 10.00. The molecule has 54 valence electrons. The summed E-state index contributed by atoms with van der Waals surface area (Å²) in [6.07, 6.45) is 6.59. The highest BCUT2D eigenvalue weighted by Crippen LogP contribution is 2.35. The second kappa shape index (κ2) is 2.02. The molecule has 1 aliphatic heterocycles. The highest BCUT2D eigenvalue weighted by atomic mass is 32.1. The zero-order valence-electron chi connectivity index (χ0n) is 5.76. The minimum atomic E-state index is 0.0370. The first-order valence-corrected chi connectivity index (χ1v) is 4.09. The monoisotopic (exact) mass is 154 g/mol. The molecule has 0 radical (unpaired) electrons. The Morgan fingerprint density at radius 1 is 1.50 bits per heavy atom. The van der Waals surface area contributed by atoms with E-state index >= 15 is 0 Å². The largest absolute Gasteiger partial charge is 0.339 e. The van der Waals surface area contributed by atoms with Crippen molar-refractivity contribution in [2.24, 2.45) is 4.99 Å². The first-order valence-electron chi connectivity index (χ1n) is 3.68. The van der Waals surface area contributed by atoms with Crippen molar-refractivity contribution in [1.82, 2.24) is 5.32 Å². The number of hydrogen-bond donors (Lipinski definition) is 1. The topological polar surface area (TPSA) is 24.4 Å². The van der Waals surface area contributed by atoms with E-state index in [0.717, 1.165) is 17.8 Å². The van der Waals surface area contributed by atoms with Crippen LogP contribution in [0.25, 0.3) is 0 Å². The summed E-state index contributed by atoms with van der Waals surface area (Å²) in [5, 5.41) is 2.99. The molecule has 1 heterocycles. The molecule has 1 fully saturated rings. The van der Waals surface area contributed by atoms with E-state index in [0.29, 0.717) is 0 Å². The van der Waals surface area contributed by atoms with Crippen molar-refractivity contribution >= 4 is 23.5 Å². The van der Waals surface area contributed by atoms with Gasteiger partial charge >= 0.3 is 0 Å². The fraction of sp³-hybridized carbons (Fsp3) is 0.714. The molecule has 0 aromatic heterocycles. The average Bonchev–Trinajstić information content (AvgIpc) is 2.48. The van der Waals surface area contributed by atoms with Gasteiger partial charge in [0, 0.05) is 0 Å². The van der Waals surface area contributed by atoms with E-state index in [-0.39, 0.29) is 5.54 Å². The van der Waals surface area contributed by atoms with Crippen molar-refractivity contribution in [3.05, 3.63) is 0 Å². The molecule has 0 unspecified atom stereocenters. The Morgan fingerprint density at radius 3 is 2.70 bits per heavy atom. The molecule has 0 amide bonds. The molecule has 2 aliphatic rings. The molecule has 0 aromatic carbocycles. The van der Waals surface area contributed by atoms with E-state index in [1.165, 1.54) is 12.8 Å². The van der Waals surface area contributed by atoms with Gasteiger partial charge in [0.1, 0.15) is 10.5 Å². The van der Waals surface area contributed by atoms with E-state index in [9.17, 15) is 0 Å². The van der Waals surface area contributed by atoms with Crippen molar-refractivity contribution in [3.8, 4) is 0 Å². The fourth-order valence-corrected chi connectivity index (χ4v) is 2.03. The van der Waals surface area contributed by atoms with Crippen LogP contribution in [0.15, 0.2) is 4.99 Å². The number of rotatable bonds is 0. The molecule has 2 nitrogen and oxygen atoms in total. The van der Waals surface area contributed by atoms with Gasteiger partial charge < -0.3 is 5.32 Å². The summed E-state index contributed by atoms with van der Waals surface area (Å²) in [7, 11) is 0. The van der Waals surface area contributed by atoms with E-state index < -0.39 is 0 Å². The highest BCUT2D eigenvalue weighted by Gasteiger charge is 2.39. The van der Waals surface area contributed by atoms with Gasteiger partial charge in [-0.3, -0.25) is 4.99 Å². The van der Waals surface area contributed by atoms with Gasteiger partial charge in [-0.15, -0.1) is 0 Å². The van der Waals surface area contributed by atoms with Crippen LogP contribution in [0.3, 0.4) is 0 Å². The third-order valence-corrected chi connectivity index (χ3v) is 2.86. The van der Waals surface area contributed by atoms with Gasteiger partial charge in [-0.2, -0.15) is 0 Å². The molecule has 1 N–H and O–H groups in total.